The first-order valence-electron chi connectivity index (χ1n) is 9.50. The van der Waals surface area contributed by atoms with E-state index in [0.29, 0.717) is 6.54 Å². The summed E-state index contributed by atoms with van der Waals surface area (Å²) >= 11 is 0. The zero-order valence-electron chi connectivity index (χ0n) is 16.3. The number of nitrogens with one attached hydrogen (secondary N) is 1. The van der Waals surface area contributed by atoms with E-state index in [4.69, 9.17) is 10.1 Å². The smallest absolute Gasteiger partial charge is 0.133 e. The first kappa shape index (κ1) is 17.8. The Labute approximate surface area is 158 Å². The molecular formula is C19H27N7O. The minimum atomic E-state index is -0.471. The van der Waals surface area contributed by atoms with E-state index in [1.807, 2.05) is 42.0 Å². The van der Waals surface area contributed by atoms with E-state index < -0.39 is 6.23 Å². The standard InChI is InChI=1S/C19H27N7O/c1-12(2)26-19-15(20-9-14-10-21-24(4)11-14)8-16(22-18(19)13(3)23-26)25-7-5-6-17(25)27/h8,10-12,17,27H,5-7,9H2,1-4H3,(H,20,22). The minimum Gasteiger partial charge on any atom is -0.379 e. The number of aliphatic hydroxyl groups is 1. The zero-order valence-corrected chi connectivity index (χ0v) is 16.3. The summed E-state index contributed by atoms with van der Waals surface area (Å²) in [6, 6.07) is 2.26. The van der Waals surface area contributed by atoms with Crippen molar-refractivity contribution in [3.8, 4) is 0 Å². The summed E-state index contributed by atoms with van der Waals surface area (Å²) in [4.78, 5) is 6.83. The summed E-state index contributed by atoms with van der Waals surface area (Å²) in [5.74, 6) is 0.799. The topological polar surface area (TPSA) is 84.0 Å². The van der Waals surface area contributed by atoms with Crippen LogP contribution in [0, 0.1) is 6.92 Å². The summed E-state index contributed by atoms with van der Waals surface area (Å²) < 4.78 is 3.82. The van der Waals surface area contributed by atoms with E-state index in [1.165, 1.54) is 0 Å². The number of anilines is 2. The number of aryl methyl sites for hydroxylation is 2. The lowest BCUT2D eigenvalue weighted by atomic mass is 10.2. The molecule has 1 saturated heterocycles. The van der Waals surface area contributed by atoms with Gasteiger partial charge in [-0.05, 0) is 33.6 Å². The molecule has 4 rings (SSSR count). The highest BCUT2D eigenvalue weighted by molar-refractivity contribution is 5.92. The van der Waals surface area contributed by atoms with Gasteiger partial charge in [0.1, 0.15) is 23.1 Å². The molecule has 0 bridgehead atoms. The molecule has 27 heavy (non-hydrogen) atoms. The molecule has 1 atom stereocenters. The van der Waals surface area contributed by atoms with Gasteiger partial charge in [0.2, 0.25) is 0 Å². The zero-order chi connectivity index (χ0) is 19.1. The van der Waals surface area contributed by atoms with E-state index >= 15 is 0 Å². The lowest BCUT2D eigenvalue weighted by molar-refractivity contribution is 0.185. The van der Waals surface area contributed by atoms with Crippen LogP contribution in [0.5, 0.6) is 0 Å². The maximum atomic E-state index is 10.3. The summed E-state index contributed by atoms with van der Waals surface area (Å²) in [7, 11) is 1.91. The van der Waals surface area contributed by atoms with E-state index in [-0.39, 0.29) is 6.04 Å². The van der Waals surface area contributed by atoms with Gasteiger partial charge in [-0.1, -0.05) is 0 Å². The van der Waals surface area contributed by atoms with Crippen molar-refractivity contribution in [2.24, 2.45) is 7.05 Å². The minimum absolute atomic E-state index is 0.227. The normalized spacial score (nSPS) is 17.4. The first-order chi connectivity index (χ1) is 12.9. The van der Waals surface area contributed by atoms with Gasteiger partial charge in [0, 0.05) is 44.0 Å². The van der Waals surface area contributed by atoms with Gasteiger partial charge in [0.15, 0.2) is 0 Å². The molecule has 0 amide bonds. The Morgan fingerprint density at radius 1 is 1.37 bits per heavy atom. The van der Waals surface area contributed by atoms with Gasteiger partial charge in [-0.15, -0.1) is 0 Å². The highest BCUT2D eigenvalue weighted by Crippen LogP contribution is 2.33. The molecule has 8 heteroatoms. The molecule has 0 aromatic carbocycles. The monoisotopic (exact) mass is 369 g/mol. The summed E-state index contributed by atoms with van der Waals surface area (Å²) in [5, 5.41) is 22.8. The molecule has 1 aliphatic heterocycles. The molecule has 0 radical (unpaired) electrons. The van der Waals surface area contributed by atoms with E-state index in [2.05, 4.69) is 24.3 Å². The van der Waals surface area contributed by atoms with Crippen LogP contribution in [0.15, 0.2) is 18.5 Å². The number of hydrogen-bond donors (Lipinski definition) is 2. The summed E-state index contributed by atoms with van der Waals surface area (Å²) in [6.45, 7) is 7.71. The Hall–Kier alpha value is -2.61. The van der Waals surface area contributed by atoms with Crippen LogP contribution < -0.4 is 10.2 Å². The lowest BCUT2D eigenvalue weighted by Gasteiger charge is -2.23. The molecule has 1 unspecified atom stereocenters. The number of hydrogen-bond acceptors (Lipinski definition) is 6. The predicted octanol–water partition coefficient (Wildman–Crippen LogP) is 2.58. The molecule has 0 aliphatic carbocycles. The number of rotatable bonds is 5. The van der Waals surface area contributed by atoms with Crippen LogP contribution in [-0.4, -0.2) is 42.4 Å². The fourth-order valence-electron chi connectivity index (χ4n) is 3.70. The number of aliphatic hydroxyl groups excluding tert-OH is 1. The van der Waals surface area contributed by atoms with Crippen LogP contribution in [0.3, 0.4) is 0 Å². The second-order valence-electron chi connectivity index (χ2n) is 7.54. The number of aromatic nitrogens is 5. The van der Waals surface area contributed by atoms with Crippen LogP contribution in [0.2, 0.25) is 0 Å². The SMILES string of the molecule is Cc1nn(C(C)C)c2c(NCc3cnn(C)c3)cc(N3CCCC3O)nc12. The third kappa shape index (κ3) is 3.25. The van der Waals surface area contributed by atoms with Crippen molar-refractivity contribution in [1.29, 1.82) is 0 Å². The molecule has 0 saturated carbocycles. The molecule has 1 fully saturated rings. The number of nitrogens with zero attached hydrogens (tertiary/aromatic N) is 6. The highest BCUT2D eigenvalue weighted by atomic mass is 16.3. The molecule has 144 valence electrons. The van der Waals surface area contributed by atoms with Gasteiger partial charge in [-0.25, -0.2) is 4.98 Å². The van der Waals surface area contributed by atoms with Gasteiger partial charge in [-0.3, -0.25) is 9.36 Å². The molecule has 3 aromatic rings. The Morgan fingerprint density at radius 3 is 2.81 bits per heavy atom. The summed E-state index contributed by atoms with van der Waals surface area (Å²) in [6.07, 6.45) is 5.15. The van der Waals surface area contributed by atoms with Crippen molar-refractivity contribution in [2.45, 2.75) is 52.4 Å². The fourth-order valence-corrected chi connectivity index (χ4v) is 3.70. The van der Waals surface area contributed by atoms with Crippen molar-refractivity contribution in [3.05, 3.63) is 29.7 Å². The van der Waals surface area contributed by atoms with Gasteiger partial charge in [0.25, 0.3) is 0 Å². The van der Waals surface area contributed by atoms with Crippen LogP contribution in [0.1, 0.15) is 44.0 Å². The molecule has 0 spiro atoms. The van der Waals surface area contributed by atoms with Crippen molar-refractivity contribution in [3.63, 3.8) is 0 Å². The maximum Gasteiger partial charge on any atom is 0.133 e. The Bertz CT molecular complexity index is 959. The second kappa shape index (κ2) is 6.84. The number of pyridine rings is 1. The highest BCUT2D eigenvalue weighted by Gasteiger charge is 2.26. The molecule has 8 nitrogen and oxygen atoms in total. The fraction of sp³-hybridized carbons (Fsp3) is 0.526. The average Bonchev–Trinajstić information content (AvgIpc) is 3.32. The quantitative estimate of drug-likeness (QED) is 0.719. The molecule has 4 heterocycles. The van der Waals surface area contributed by atoms with Crippen LogP contribution in [0.25, 0.3) is 11.0 Å². The molecule has 1 aliphatic rings. The van der Waals surface area contributed by atoms with Crippen molar-refractivity contribution >= 4 is 22.5 Å². The molecular weight excluding hydrogens is 342 g/mol. The average molecular weight is 369 g/mol. The number of fused-ring (bicyclic) bond motifs is 1. The van der Waals surface area contributed by atoms with Crippen LogP contribution in [0.4, 0.5) is 11.5 Å². The Kier molecular flexibility index (Phi) is 4.51. The van der Waals surface area contributed by atoms with Gasteiger partial charge in [0.05, 0.1) is 17.6 Å². The third-order valence-corrected chi connectivity index (χ3v) is 5.05. The Balaban J connectivity index is 1.79. The third-order valence-electron chi connectivity index (χ3n) is 5.05. The largest absolute Gasteiger partial charge is 0.379 e. The van der Waals surface area contributed by atoms with Crippen LogP contribution in [-0.2, 0) is 13.6 Å². The van der Waals surface area contributed by atoms with E-state index in [0.717, 1.165) is 53.2 Å². The first-order valence-corrected chi connectivity index (χ1v) is 9.50. The Morgan fingerprint density at radius 2 is 2.19 bits per heavy atom. The van der Waals surface area contributed by atoms with Gasteiger partial charge in [-0.2, -0.15) is 10.2 Å². The van der Waals surface area contributed by atoms with Crippen molar-refractivity contribution in [2.75, 3.05) is 16.8 Å². The van der Waals surface area contributed by atoms with Gasteiger partial charge >= 0.3 is 0 Å². The van der Waals surface area contributed by atoms with Crippen LogP contribution >= 0.6 is 0 Å². The van der Waals surface area contributed by atoms with E-state index in [1.54, 1.807) is 4.68 Å². The lowest BCUT2D eigenvalue weighted by Crippen LogP contribution is -2.29. The van der Waals surface area contributed by atoms with Gasteiger partial charge < -0.3 is 15.3 Å². The molecule has 3 aromatic heterocycles. The second-order valence-corrected chi connectivity index (χ2v) is 7.54. The van der Waals surface area contributed by atoms with E-state index in [9.17, 15) is 5.11 Å². The maximum absolute atomic E-state index is 10.3. The summed E-state index contributed by atoms with van der Waals surface area (Å²) in [5.41, 5.74) is 4.88. The van der Waals surface area contributed by atoms with Crippen molar-refractivity contribution in [1.82, 2.24) is 24.5 Å². The molecule has 2 N–H and O–H groups in total. The van der Waals surface area contributed by atoms with Crippen molar-refractivity contribution < 1.29 is 5.11 Å². The predicted molar refractivity (Wildman–Crippen MR) is 106 cm³/mol.